The lowest BCUT2D eigenvalue weighted by molar-refractivity contribution is 0.415. The minimum Gasteiger partial charge on any atom is -0.496 e. The number of aryl methyl sites for hydroxylation is 1. The zero-order valence-electron chi connectivity index (χ0n) is 11.0. The van der Waals surface area contributed by atoms with Crippen LogP contribution in [0.15, 0.2) is 22.7 Å². The number of nitrogens with zero attached hydrogens (tertiary/aromatic N) is 2. The van der Waals surface area contributed by atoms with E-state index >= 15 is 0 Å². The Labute approximate surface area is 119 Å². The molecule has 0 bridgehead atoms. The molecule has 0 spiro atoms. The number of rotatable bonds is 4. The van der Waals surface area contributed by atoms with Gasteiger partial charge in [0, 0.05) is 19.2 Å². The summed E-state index contributed by atoms with van der Waals surface area (Å²) < 4.78 is 21.3. The first kappa shape index (κ1) is 14.0. The fraction of sp³-hybridized carbons (Fsp3) is 0.308. The van der Waals surface area contributed by atoms with E-state index in [1.807, 2.05) is 14.1 Å². The highest BCUT2D eigenvalue weighted by molar-refractivity contribution is 9.10. The quantitative estimate of drug-likeness (QED) is 0.938. The van der Waals surface area contributed by atoms with Crippen LogP contribution < -0.4 is 10.1 Å². The lowest BCUT2D eigenvalue weighted by Crippen LogP contribution is -2.10. The molecule has 102 valence electrons. The van der Waals surface area contributed by atoms with Crippen LogP contribution in [0.3, 0.4) is 0 Å². The summed E-state index contributed by atoms with van der Waals surface area (Å²) in [5, 5.41) is 7.51. The minimum absolute atomic E-state index is 0.316. The Morgan fingerprint density at radius 3 is 2.84 bits per heavy atom. The molecule has 1 N–H and O–H groups in total. The van der Waals surface area contributed by atoms with Crippen LogP contribution in [0, 0.1) is 5.82 Å². The van der Waals surface area contributed by atoms with Crippen LogP contribution in [-0.2, 0) is 13.6 Å². The summed E-state index contributed by atoms with van der Waals surface area (Å²) in [6.45, 7) is 0.668. The first-order chi connectivity index (χ1) is 9.08. The average molecular weight is 328 g/mol. The van der Waals surface area contributed by atoms with Gasteiger partial charge >= 0.3 is 0 Å². The van der Waals surface area contributed by atoms with Crippen molar-refractivity contribution in [1.82, 2.24) is 15.1 Å². The van der Waals surface area contributed by atoms with Crippen molar-refractivity contribution < 1.29 is 9.13 Å². The summed E-state index contributed by atoms with van der Waals surface area (Å²) >= 11 is 3.53. The van der Waals surface area contributed by atoms with Gasteiger partial charge in [0.15, 0.2) is 0 Å². The molecule has 6 heteroatoms. The van der Waals surface area contributed by atoms with Gasteiger partial charge < -0.3 is 10.1 Å². The highest BCUT2D eigenvalue weighted by Crippen LogP contribution is 2.36. The fourth-order valence-electron chi connectivity index (χ4n) is 1.93. The summed E-state index contributed by atoms with van der Waals surface area (Å²) in [5.41, 5.74) is 2.29. The van der Waals surface area contributed by atoms with Gasteiger partial charge in [0.25, 0.3) is 0 Å². The second-order valence-corrected chi connectivity index (χ2v) is 4.90. The molecule has 0 atom stereocenters. The Bertz CT molecular complexity index is 598. The summed E-state index contributed by atoms with van der Waals surface area (Å²) in [4.78, 5) is 0. The lowest BCUT2D eigenvalue weighted by Gasteiger charge is -2.06. The number of hydrogen-bond acceptors (Lipinski definition) is 3. The van der Waals surface area contributed by atoms with E-state index in [2.05, 4.69) is 26.3 Å². The van der Waals surface area contributed by atoms with Gasteiger partial charge in [0.2, 0.25) is 0 Å². The standard InChI is InChI=1S/C13H15BrFN3O/c1-16-7-10-12(14)13(17-18(10)2)9-6-8(15)4-5-11(9)19-3/h4-6,16H,7H2,1-3H3. The average Bonchev–Trinajstić information content (AvgIpc) is 2.67. The molecule has 0 aliphatic rings. The molecule has 19 heavy (non-hydrogen) atoms. The Morgan fingerprint density at radius 1 is 1.47 bits per heavy atom. The molecule has 4 nitrogen and oxygen atoms in total. The normalized spacial score (nSPS) is 10.8. The predicted octanol–water partition coefficient (Wildman–Crippen LogP) is 2.72. The van der Waals surface area contributed by atoms with E-state index in [1.54, 1.807) is 17.9 Å². The molecule has 1 aromatic carbocycles. The van der Waals surface area contributed by atoms with E-state index < -0.39 is 0 Å². The smallest absolute Gasteiger partial charge is 0.128 e. The maximum Gasteiger partial charge on any atom is 0.128 e. The van der Waals surface area contributed by atoms with Crippen LogP contribution in [-0.4, -0.2) is 23.9 Å². The molecule has 0 aliphatic heterocycles. The van der Waals surface area contributed by atoms with E-state index in [9.17, 15) is 4.39 Å². The van der Waals surface area contributed by atoms with Crippen LogP contribution in [0.4, 0.5) is 4.39 Å². The van der Waals surface area contributed by atoms with E-state index in [0.717, 1.165) is 10.2 Å². The second kappa shape index (κ2) is 5.71. The van der Waals surface area contributed by atoms with Crippen molar-refractivity contribution in [3.63, 3.8) is 0 Å². The monoisotopic (exact) mass is 327 g/mol. The van der Waals surface area contributed by atoms with Crippen LogP contribution >= 0.6 is 15.9 Å². The molecule has 0 saturated heterocycles. The molecule has 0 radical (unpaired) electrons. The summed E-state index contributed by atoms with van der Waals surface area (Å²) in [6.07, 6.45) is 0. The minimum atomic E-state index is -0.316. The molecular formula is C13H15BrFN3O. The number of ether oxygens (including phenoxy) is 1. The van der Waals surface area contributed by atoms with E-state index in [0.29, 0.717) is 23.6 Å². The number of aromatic nitrogens is 2. The van der Waals surface area contributed by atoms with Gasteiger partial charge in [-0.2, -0.15) is 5.10 Å². The van der Waals surface area contributed by atoms with Crippen LogP contribution in [0.2, 0.25) is 0 Å². The molecule has 0 unspecified atom stereocenters. The maximum atomic E-state index is 13.4. The number of nitrogens with one attached hydrogen (secondary N) is 1. The van der Waals surface area contributed by atoms with Crippen molar-refractivity contribution in [2.24, 2.45) is 7.05 Å². The number of methoxy groups -OCH3 is 1. The van der Waals surface area contributed by atoms with Gasteiger partial charge in [-0.3, -0.25) is 4.68 Å². The van der Waals surface area contributed by atoms with E-state index in [-0.39, 0.29) is 5.82 Å². The van der Waals surface area contributed by atoms with Crippen molar-refractivity contribution in [2.45, 2.75) is 6.54 Å². The van der Waals surface area contributed by atoms with Crippen molar-refractivity contribution in [1.29, 1.82) is 0 Å². The van der Waals surface area contributed by atoms with Gasteiger partial charge in [0.05, 0.1) is 17.3 Å². The zero-order chi connectivity index (χ0) is 14.0. The first-order valence-electron chi connectivity index (χ1n) is 5.78. The highest BCUT2D eigenvalue weighted by atomic mass is 79.9. The Morgan fingerprint density at radius 2 is 2.21 bits per heavy atom. The van der Waals surface area contributed by atoms with Gasteiger partial charge in [-0.05, 0) is 41.2 Å². The maximum absolute atomic E-state index is 13.4. The van der Waals surface area contributed by atoms with Gasteiger partial charge in [-0.25, -0.2) is 4.39 Å². The van der Waals surface area contributed by atoms with Gasteiger partial charge in [-0.1, -0.05) is 0 Å². The Hall–Kier alpha value is -1.40. The van der Waals surface area contributed by atoms with Crippen LogP contribution in [0.5, 0.6) is 5.75 Å². The lowest BCUT2D eigenvalue weighted by atomic mass is 10.1. The second-order valence-electron chi connectivity index (χ2n) is 4.11. The molecule has 0 amide bonds. The van der Waals surface area contributed by atoms with Crippen molar-refractivity contribution >= 4 is 15.9 Å². The highest BCUT2D eigenvalue weighted by Gasteiger charge is 2.18. The molecule has 0 aliphatic carbocycles. The summed E-state index contributed by atoms with van der Waals surface area (Å²) in [7, 11) is 5.27. The number of halogens is 2. The Kier molecular flexibility index (Phi) is 4.21. The molecule has 0 saturated carbocycles. The summed E-state index contributed by atoms with van der Waals surface area (Å²) in [6, 6.07) is 4.40. The topological polar surface area (TPSA) is 39.1 Å². The Balaban J connectivity index is 2.59. The molecule has 1 heterocycles. The third-order valence-corrected chi connectivity index (χ3v) is 3.70. The largest absolute Gasteiger partial charge is 0.496 e. The zero-order valence-corrected chi connectivity index (χ0v) is 12.6. The molecule has 2 rings (SSSR count). The molecule has 2 aromatic rings. The molecule has 0 fully saturated rings. The van der Waals surface area contributed by atoms with Crippen molar-refractivity contribution in [3.05, 3.63) is 34.2 Å². The van der Waals surface area contributed by atoms with E-state index in [4.69, 9.17) is 4.74 Å². The number of hydrogen-bond donors (Lipinski definition) is 1. The molecular weight excluding hydrogens is 313 g/mol. The predicted molar refractivity (Wildman–Crippen MR) is 75.6 cm³/mol. The third-order valence-electron chi connectivity index (χ3n) is 2.86. The molecule has 1 aromatic heterocycles. The fourth-order valence-corrected chi connectivity index (χ4v) is 2.62. The summed E-state index contributed by atoms with van der Waals surface area (Å²) in [5.74, 6) is 0.278. The van der Waals surface area contributed by atoms with Gasteiger partial charge in [-0.15, -0.1) is 0 Å². The SMILES string of the molecule is CNCc1c(Br)c(-c2cc(F)ccc2OC)nn1C. The first-order valence-corrected chi connectivity index (χ1v) is 6.57. The van der Waals surface area contributed by atoms with Gasteiger partial charge in [0.1, 0.15) is 17.3 Å². The number of benzene rings is 1. The van der Waals surface area contributed by atoms with Crippen molar-refractivity contribution in [3.8, 4) is 17.0 Å². The third kappa shape index (κ3) is 2.64. The van der Waals surface area contributed by atoms with Crippen LogP contribution in [0.25, 0.3) is 11.3 Å². The van der Waals surface area contributed by atoms with Crippen LogP contribution in [0.1, 0.15) is 5.69 Å². The van der Waals surface area contributed by atoms with E-state index in [1.165, 1.54) is 12.1 Å². The van der Waals surface area contributed by atoms with Crippen molar-refractivity contribution in [2.75, 3.05) is 14.2 Å².